The Morgan fingerprint density at radius 3 is 2.65 bits per heavy atom. The van der Waals surface area contributed by atoms with Gasteiger partial charge in [-0.25, -0.2) is 0 Å². The first-order chi connectivity index (χ1) is 8.19. The highest BCUT2D eigenvalue weighted by Crippen LogP contribution is 2.21. The molecule has 0 saturated heterocycles. The van der Waals surface area contributed by atoms with E-state index in [0.29, 0.717) is 11.5 Å². The quantitative estimate of drug-likeness (QED) is 0.878. The van der Waals surface area contributed by atoms with Crippen LogP contribution in [-0.2, 0) is 17.6 Å². The summed E-state index contributed by atoms with van der Waals surface area (Å²) >= 11 is 0. The van der Waals surface area contributed by atoms with Crippen LogP contribution in [0.15, 0.2) is 34.9 Å². The number of rotatable bonds is 4. The molecule has 0 bridgehead atoms. The molecule has 4 nitrogen and oxygen atoms in total. The molecule has 0 atom stereocenters. The molecular formula is C13H13NO3. The Morgan fingerprint density at radius 2 is 2.06 bits per heavy atom. The fourth-order valence-electron chi connectivity index (χ4n) is 1.59. The van der Waals surface area contributed by atoms with E-state index in [2.05, 4.69) is 12.1 Å². The van der Waals surface area contributed by atoms with Gasteiger partial charge in [0, 0.05) is 11.6 Å². The van der Waals surface area contributed by atoms with Crippen LogP contribution in [0.25, 0.3) is 11.3 Å². The predicted octanol–water partition coefficient (Wildman–Crippen LogP) is 2.53. The number of aryl methyl sites for hydroxylation is 1. The number of hydrogen-bond donors (Lipinski definition) is 1. The largest absolute Gasteiger partial charge is 0.481 e. The van der Waals surface area contributed by atoms with Crippen molar-refractivity contribution in [2.45, 2.75) is 19.8 Å². The van der Waals surface area contributed by atoms with E-state index >= 15 is 0 Å². The SMILES string of the molecule is CCc1ccc(-c2cc(CC(=O)O)no2)cc1. The highest BCUT2D eigenvalue weighted by atomic mass is 16.5. The van der Waals surface area contributed by atoms with E-state index in [0.717, 1.165) is 12.0 Å². The fourth-order valence-corrected chi connectivity index (χ4v) is 1.59. The Bertz CT molecular complexity index is 514. The first kappa shape index (κ1) is 11.4. The Morgan fingerprint density at radius 1 is 1.35 bits per heavy atom. The van der Waals surface area contributed by atoms with Crippen molar-refractivity contribution >= 4 is 5.97 Å². The minimum atomic E-state index is -0.911. The average molecular weight is 231 g/mol. The van der Waals surface area contributed by atoms with E-state index in [1.807, 2.05) is 24.3 Å². The molecule has 0 amide bonds. The van der Waals surface area contributed by atoms with Crippen molar-refractivity contribution in [3.8, 4) is 11.3 Å². The van der Waals surface area contributed by atoms with Crippen molar-refractivity contribution < 1.29 is 14.4 Å². The van der Waals surface area contributed by atoms with E-state index in [1.54, 1.807) is 6.07 Å². The van der Waals surface area contributed by atoms with Gasteiger partial charge < -0.3 is 9.63 Å². The molecule has 1 heterocycles. The second kappa shape index (κ2) is 4.82. The first-order valence-electron chi connectivity index (χ1n) is 5.45. The van der Waals surface area contributed by atoms with E-state index in [4.69, 9.17) is 9.63 Å². The van der Waals surface area contributed by atoms with Gasteiger partial charge in [-0.3, -0.25) is 4.79 Å². The van der Waals surface area contributed by atoms with Crippen LogP contribution in [0.2, 0.25) is 0 Å². The molecule has 0 fully saturated rings. The van der Waals surface area contributed by atoms with E-state index < -0.39 is 5.97 Å². The minimum Gasteiger partial charge on any atom is -0.481 e. The summed E-state index contributed by atoms with van der Waals surface area (Å²) in [6.07, 6.45) is 0.873. The zero-order valence-corrected chi connectivity index (χ0v) is 9.51. The molecule has 1 N–H and O–H groups in total. The molecule has 1 aromatic carbocycles. The number of benzene rings is 1. The molecule has 4 heteroatoms. The minimum absolute atomic E-state index is 0.115. The maximum absolute atomic E-state index is 10.5. The van der Waals surface area contributed by atoms with Gasteiger partial charge in [-0.15, -0.1) is 0 Å². The number of aromatic nitrogens is 1. The maximum Gasteiger partial charge on any atom is 0.309 e. The molecule has 0 unspecified atom stereocenters. The molecular weight excluding hydrogens is 218 g/mol. The predicted molar refractivity (Wildman–Crippen MR) is 62.7 cm³/mol. The van der Waals surface area contributed by atoms with Crippen LogP contribution < -0.4 is 0 Å². The van der Waals surface area contributed by atoms with Gasteiger partial charge in [0.1, 0.15) is 0 Å². The number of nitrogens with zero attached hydrogens (tertiary/aromatic N) is 1. The number of aliphatic carboxylic acids is 1. The van der Waals surface area contributed by atoms with Crippen LogP contribution >= 0.6 is 0 Å². The Hall–Kier alpha value is -2.10. The molecule has 2 aromatic rings. The van der Waals surface area contributed by atoms with Gasteiger partial charge in [0.25, 0.3) is 0 Å². The Kier molecular flexibility index (Phi) is 3.23. The second-order valence-corrected chi connectivity index (χ2v) is 3.80. The summed E-state index contributed by atoms with van der Waals surface area (Å²) in [6.45, 7) is 2.09. The summed E-state index contributed by atoms with van der Waals surface area (Å²) in [6, 6.07) is 9.60. The van der Waals surface area contributed by atoms with Gasteiger partial charge in [0.05, 0.1) is 12.1 Å². The number of carboxylic acids is 1. The van der Waals surface area contributed by atoms with Crippen LogP contribution in [0.4, 0.5) is 0 Å². The van der Waals surface area contributed by atoms with Crippen molar-refractivity contribution in [3.05, 3.63) is 41.6 Å². The molecule has 0 radical (unpaired) electrons. The number of carboxylic acid groups (broad SMARTS) is 1. The summed E-state index contributed by atoms with van der Waals surface area (Å²) in [5.74, 6) is -0.310. The normalized spacial score (nSPS) is 10.4. The lowest BCUT2D eigenvalue weighted by molar-refractivity contribution is -0.136. The molecule has 88 valence electrons. The van der Waals surface area contributed by atoms with Crippen molar-refractivity contribution in [1.29, 1.82) is 0 Å². The van der Waals surface area contributed by atoms with Gasteiger partial charge in [-0.2, -0.15) is 0 Å². The van der Waals surface area contributed by atoms with Crippen LogP contribution in [-0.4, -0.2) is 16.2 Å². The lowest BCUT2D eigenvalue weighted by atomic mass is 10.1. The first-order valence-corrected chi connectivity index (χ1v) is 5.45. The van der Waals surface area contributed by atoms with Crippen LogP contribution in [0.5, 0.6) is 0 Å². The molecule has 0 aliphatic heterocycles. The third-order valence-electron chi connectivity index (χ3n) is 2.54. The molecule has 0 spiro atoms. The molecule has 0 saturated carbocycles. The molecule has 1 aromatic heterocycles. The summed E-state index contributed by atoms with van der Waals surface area (Å²) < 4.78 is 5.11. The van der Waals surface area contributed by atoms with E-state index in [-0.39, 0.29) is 6.42 Å². The summed E-state index contributed by atoms with van der Waals surface area (Å²) in [7, 11) is 0. The standard InChI is InChI=1S/C13H13NO3/c1-2-9-3-5-10(6-4-9)12-7-11(14-17-12)8-13(15)16/h3-7H,2,8H2,1H3,(H,15,16). The molecule has 17 heavy (non-hydrogen) atoms. The van der Waals surface area contributed by atoms with Crippen LogP contribution in [0.1, 0.15) is 18.2 Å². The summed E-state index contributed by atoms with van der Waals surface area (Å²) in [5, 5.41) is 12.4. The number of hydrogen-bond acceptors (Lipinski definition) is 3. The Balaban J connectivity index is 2.21. The Labute approximate surface area is 98.9 Å². The lowest BCUT2D eigenvalue weighted by Gasteiger charge is -1.97. The fraction of sp³-hybridized carbons (Fsp3) is 0.231. The van der Waals surface area contributed by atoms with Crippen molar-refractivity contribution in [2.75, 3.05) is 0 Å². The smallest absolute Gasteiger partial charge is 0.309 e. The second-order valence-electron chi connectivity index (χ2n) is 3.80. The monoisotopic (exact) mass is 231 g/mol. The molecule has 2 rings (SSSR count). The van der Waals surface area contributed by atoms with Crippen LogP contribution in [0, 0.1) is 0 Å². The highest BCUT2D eigenvalue weighted by Gasteiger charge is 2.09. The third kappa shape index (κ3) is 2.72. The third-order valence-corrected chi connectivity index (χ3v) is 2.54. The van der Waals surface area contributed by atoms with Gasteiger partial charge in [0.2, 0.25) is 0 Å². The van der Waals surface area contributed by atoms with Crippen molar-refractivity contribution in [3.63, 3.8) is 0 Å². The van der Waals surface area contributed by atoms with Gasteiger partial charge >= 0.3 is 5.97 Å². The lowest BCUT2D eigenvalue weighted by Crippen LogP contribution is -1.99. The maximum atomic E-state index is 10.5. The van der Waals surface area contributed by atoms with Crippen molar-refractivity contribution in [2.24, 2.45) is 0 Å². The number of carbonyl (C=O) groups is 1. The molecule has 0 aliphatic carbocycles. The van der Waals surface area contributed by atoms with Gasteiger partial charge in [-0.1, -0.05) is 36.3 Å². The summed E-state index contributed by atoms with van der Waals surface area (Å²) in [4.78, 5) is 10.5. The zero-order valence-electron chi connectivity index (χ0n) is 9.51. The average Bonchev–Trinajstić information content (AvgIpc) is 2.77. The summed E-state index contributed by atoms with van der Waals surface area (Å²) in [5.41, 5.74) is 2.59. The van der Waals surface area contributed by atoms with Gasteiger partial charge in [0.15, 0.2) is 5.76 Å². The zero-order chi connectivity index (χ0) is 12.3. The highest BCUT2D eigenvalue weighted by molar-refractivity contribution is 5.70. The van der Waals surface area contributed by atoms with Crippen LogP contribution in [0.3, 0.4) is 0 Å². The van der Waals surface area contributed by atoms with E-state index in [9.17, 15) is 4.79 Å². The topological polar surface area (TPSA) is 63.3 Å². The molecule has 0 aliphatic rings. The van der Waals surface area contributed by atoms with E-state index in [1.165, 1.54) is 5.56 Å². The van der Waals surface area contributed by atoms with Crippen molar-refractivity contribution in [1.82, 2.24) is 5.16 Å². The van der Waals surface area contributed by atoms with Gasteiger partial charge in [-0.05, 0) is 12.0 Å².